The minimum atomic E-state index is -0.457. The predicted octanol–water partition coefficient (Wildman–Crippen LogP) is 3.44. The van der Waals surface area contributed by atoms with E-state index in [9.17, 15) is 8.78 Å². The fourth-order valence-electron chi connectivity index (χ4n) is 2.96. The second kappa shape index (κ2) is 7.14. The number of rotatable bonds is 5. The van der Waals surface area contributed by atoms with Gasteiger partial charge in [0.2, 0.25) is 0 Å². The molecule has 1 aromatic rings. The zero-order valence-electron chi connectivity index (χ0n) is 12.2. The van der Waals surface area contributed by atoms with Gasteiger partial charge in [-0.15, -0.1) is 0 Å². The van der Waals surface area contributed by atoms with Crippen LogP contribution < -0.4 is 5.32 Å². The maximum atomic E-state index is 13.6. The Morgan fingerprint density at radius 1 is 1.20 bits per heavy atom. The van der Waals surface area contributed by atoms with Gasteiger partial charge in [0.05, 0.1) is 6.10 Å². The minimum Gasteiger partial charge on any atom is -0.381 e. The Balaban J connectivity index is 1.85. The Bertz CT molecular complexity index is 410. The van der Waals surface area contributed by atoms with Gasteiger partial charge in [0.25, 0.3) is 0 Å². The summed E-state index contributed by atoms with van der Waals surface area (Å²) < 4.78 is 32.5. The van der Waals surface area contributed by atoms with Gasteiger partial charge in [-0.3, -0.25) is 0 Å². The zero-order valence-corrected chi connectivity index (χ0v) is 12.2. The van der Waals surface area contributed by atoms with Crippen LogP contribution in [0.5, 0.6) is 0 Å². The molecule has 1 fully saturated rings. The highest BCUT2D eigenvalue weighted by molar-refractivity contribution is 5.20. The number of hydrogen-bond acceptors (Lipinski definition) is 2. The van der Waals surface area contributed by atoms with Gasteiger partial charge < -0.3 is 10.1 Å². The van der Waals surface area contributed by atoms with E-state index in [1.807, 2.05) is 6.92 Å². The van der Waals surface area contributed by atoms with Gasteiger partial charge in [0, 0.05) is 24.8 Å². The first-order valence-electron chi connectivity index (χ1n) is 7.32. The third-order valence-electron chi connectivity index (χ3n) is 4.10. The maximum Gasteiger partial charge on any atom is 0.129 e. The van der Waals surface area contributed by atoms with Crippen molar-refractivity contribution < 1.29 is 13.5 Å². The summed E-state index contributed by atoms with van der Waals surface area (Å²) in [6, 6.07) is 4.51. The van der Waals surface area contributed by atoms with Crippen LogP contribution in [0.2, 0.25) is 0 Å². The first-order valence-corrected chi connectivity index (χ1v) is 7.32. The Morgan fingerprint density at radius 3 is 2.35 bits per heavy atom. The number of benzene rings is 1. The molecule has 20 heavy (non-hydrogen) atoms. The molecule has 112 valence electrons. The highest BCUT2D eigenvalue weighted by atomic mass is 19.1. The lowest BCUT2D eigenvalue weighted by atomic mass is 9.92. The average Bonchev–Trinajstić information content (AvgIpc) is 2.44. The van der Waals surface area contributed by atoms with Crippen LogP contribution in [0.1, 0.15) is 38.2 Å². The van der Waals surface area contributed by atoms with Crippen LogP contribution in [0.3, 0.4) is 0 Å². The Hall–Kier alpha value is -1.00. The number of nitrogens with one attached hydrogen (secondary N) is 1. The van der Waals surface area contributed by atoms with E-state index in [-0.39, 0.29) is 11.6 Å². The summed E-state index contributed by atoms with van der Waals surface area (Å²) in [6.45, 7) is 1.98. The van der Waals surface area contributed by atoms with Gasteiger partial charge in [0.15, 0.2) is 0 Å². The molecule has 1 aliphatic rings. The topological polar surface area (TPSA) is 21.3 Å². The quantitative estimate of drug-likeness (QED) is 0.893. The minimum absolute atomic E-state index is 0.0606. The third-order valence-corrected chi connectivity index (χ3v) is 4.10. The second-order valence-corrected chi connectivity index (χ2v) is 5.68. The normalized spacial score (nSPS) is 24.6. The van der Waals surface area contributed by atoms with Crippen molar-refractivity contribution in [2.45, 2.75) is 57.2 Å². The largest absolute Gasteiger partial charge is 0.381 e. The van der Waals surface area contributed by atoms with Crippen LogP contribution in [0.15, 0.2) is 18.2 Å². The fraction of sp³-hybridized carbons (Fsp3) is 0.625. The molecule has 0 heterocycles. The molecular weight excluding hydrogens is 260 g/mol. The average molecular weight is 283 g/mol. The van der Waals surface area contributed by atoms with Crippen molar-refractivity contribution >= 4 is 0 Å². The van der Waals surface area contributed by atoms with Crippen LogP contribution in [0.4, 0.5) is 8.78 Å². The lowest BCUT2D eigenvalue weighted by Crippen LogP contribution is -2.41. The molecule has 1 N–H and O–H groups in total. The molecule has 1 unspecified atom stereocenters. The molecule has 0 spiro atoms. The van der Waals surface area contributed by atoms with Crippen molar-refractivity contribution in [1.29, 1.82) is 0 Å². The smallest absolute Gasteiger partial charge is 0.129 e. The Kier molecular flexibility index (Phi) is 5.49. The molecule has 0 aromatic heterocycles. The molecule has 0 bridgehead atoms. The summed E-state index contributed by atoms with van der Waals surface area (Å²) in [6.07, 6.45) is 4.96. The highest BCUT2D eigenvalue weighted by Gasteiger charge is 2.22. The lowest BCUT2D eigenvalue weighted by Gasteiger charge is -2.30. The number of ether oxygens (including phenoxy) is 1. The van der Waals surface area contributed by atoms with E-state index in [0.29, 0.717) is 18.6 Å². The second-order valence-electron chi connectivity index (χ2n) is 5.68. The molecule has 1 aliphatic carbocycles. The van der Waals surface area contributed by atoms with Crippen molar-refractivity contribution in [3.63, 3.8) is 0 Å². The molecular formula is C16H23F2NO. The molecule has 0 amide bonds. The first-order chi connectivity index (χ1) is 9.60. The van der Waals surface area contributed by atoms with Gasteiger partial charge in [-0.2, -0.15) is 0 Å². The molecule has 0 aliphatic heterocycles. The van der Waals surface area contributed by atoms with Crippen LogP contribution in [-0.4, -0.2) is 25.3 Å². The molecule has 2 rings (SSSR count). The van der Waals surface area contributed by atoms with Crippen molar-refractivity contribution in [3.05, 3.63) is 35.4 Å². The van der Waals surface area contributed by atoms with E-state index in [1.165, 1.54) is 18.2 Å². The van der Waals surface area contributed by atoms with Gasteiger partial charge >= 0.3 is 0 Å². The third kappa shape index (κ3) is 4.00. The van der Waals surface area contributed by atoms with Gasteiger partial charge in [-0.1, -0.05) is 6.07 Å². The molecule has 0 radical (unpaired) electrons. The van der Waals surface area contributed by atoms with Crippen LogP contribution in [0.25, 0.3) is 0 Å². The number of methoxy groups -OCH3 is 1. The number of hydrogen-bond donors (Lipinski definition) is 1. The molecule has 1 atom stereocenters. The van der Waals surface area contributed by atoms with Gasteiger partial charge in [-0.05, 0) is 51.2 Å². The van der Waals surface area contributed by atoms with E-state index in [1.54, 1.807) is 7.11 Å². The summed E-state index contributed by atoms with van der Waals surface area (Å²) in [5, 5.41) is 3.48. The maximum absolute atomic E-state index is 13.6. The Morgan fingerprint density at radius 2 is 1.80 bits per heavy atom. The summed E-state index contributed by atoms with van der Waals surface area (Å²) >= 11 is 0. The number of halogens is 2. The summed E-state index contributed by atoms with van der Waals surface area (Å²) in [5.41, 5.74) is 0.179. The molecule has 1 aromatic carbocycles. The SMILES string of the molecule is COC1CCC(NC(C)Cc2c(F)cccc2F)CC1. The van der Waals surface area contributed by atoms with Crippen molar-refractivity contribution in [2.24, 2.45) is 0 Å². The van der Waals surface area contributed by atoms with E-state index in [0.717, 1.165) is 25.7 Å². The Labute approximate surface area is 119 Å². The molecule has 2 nitrogen and oxygen atoms in total. The molecule has 0 saturated heterocycles. The van der Waals surface area contributed by atoms with Crippen molar-refractivity contribution in [2.75, 3.05) is 7.11 Å². The van der Waals surface area contributed by atoms with E-state index in [4.69, 9.17) is 4.74 Å². The summed E-state index contributed by atoms with van der Waals surface area (Å²) in [7, 11) is 1.75. The predicted molar refractivity (Wildman–Crippen MR) is 75.7 cm³/mol. The fourth-order valence-corrected chi connectivity index (χ4v) is 2.96. The summed E-state index contributed by atoms with van der Waals surface area (Å²) in [5.74, 6) is -0.913. The highest BCUT2D eigenvalue weighted by Crippen LogP contribution is 2.22. The monoisotopic (exact) mass is 283 g/mol. The van der Waals surface area contributed by atoms with Crippen LogP contribution in [0, 0.1) is 11.6 Å². The molecule has 1 saturated carbocycles. The van der Waals surface area contributed by atoms with Crippen LogP contribution in [-0.2, 0) is 11.2 Å². The van der Waals surface area contributed by atoms with Crippen molar-refractivity contribution in [3.8, 4) is 0 Å². The summed E-state index contributed by atoms with van der Waals surface area (Å²) in [4.78, 5) is 0. The van der Waals surface area contributed by atoms with E-state index < -0.39 is 11.6 Å². The van der Waals surface area contributed by atoms with E-state index in [2.05, 4.69) is 5.32 Å². The van der Waals surface area contributed by atoms with Crippen LogP contribution >= 0.6 is 0 Å². The van der Waals surface area contributed by atoms with Crippen molar-refractivity contribution in [1.82, 2.24) is 5.32 Å². The van der Waals surface area contributed by atoms with Gasteiger partial charge in [0.1, 0.15) is 11.6 Å². The van der Waals surface area contributed by atoms with E-state index >= 15 is 0 Å². The van der Waals surface area contributed by atoms with Gasteiger partial charge in [-0.25, -0.2) is 8.78 Å². The zero-order chi connectivity index (χ0) is 14.5. The first kappa shape index (κ1) is 15.4. The standard InChI is InChI=1S/C16H23F2NO/c1-11(10-14-15(17)4-3-5-16(14)18)19-12-6-8-13(20-2)9-7-12/h3-5,11-13,19H,6-10H2,1-2H3. The molecule has 4 heteroatoms. The lowest BCUT2D eigenvalue weighted by molar-refractivity contribution is 0.0614.